The maximum absolute atomic E-state index is 6.28. The number of hydrogen-bond acceptors (Lipinski definition) is 6. The van der Waals surface area contributed by atoms with Gasteiger partial charge in [-0.3, -0.25) is 0 Å². The maximum atomic E-state index is 6.28. The van der Waals surface area contributed by atoms with Crippen molar-refractivity contribution in [2.45, 2.75) is 62.3 Å². The van der Waals surface area contributed by atoms with Crippen LogP contribution < -0.4 is 14.3 Å². The minimum absolute atomic E-state index is 0.770. The van der Waals surface area contributed by atoms with E-state index in [2.05, 4.69) is 104 Å². The van der Waals surface area contributed by atoms with Crippen LogP contribution in [0.1, 0.15) is 50.1 Å². The Morgan fingerprint density at radius 3 is 1.30 bits per heavy atom. The molecule has 6 rings (SSSR count). The zero-order valence-corrected chi connectivity index (χ0v) is 27.9. The Kier molecular flexibility index (Phi) is 8.21. The second-order valence-electron chi connectivity index (χ2n) is 12.2. The molecule has 0 aliphatic heterocycles. The second kappa shape index (κ2) is 12.3. The highest BCUT2D eigenvalue weighted by atomic mass is 16.9. The monoisotopic (exact) mass is 614 g/mol. The van der Waals surface area contributed by atoms with Crippen LogP contribution in [-0.4, -0.2) is 37.2 Å². The molecular formula is C36H39BN6O3. The third kappa shape index (κ3) is 6.15. The summed E-state index contributed by atoms with van der Waals surface area (Å²) < 4.78 is 18.7. The first-order chi connectivity index (χ1) is 22.0. The molecule has 0 saturated heterocycles. The van der Waals surface area contributed by atoms with E-state index in [1.54, 1.807) is 18.6 Å². The first-order valence-corrected chi connectivity index (χ1v) is 15.4. The fourth-order valence-electron chi connectivity index (χ4n) is 6.62. The van der Waals surface area contributed by atoms with Crippen LogP contribution in [0.25, 0.3) is 33.8 Å². The molecule has 9 nitrogen and oxygen atoms in total. The van der Waals surface area contributed by atoms with Crippen LogP contribution in [0.15, 0.2) is 73.2 Å². The lowest BCUT2D eigenvalue weighted by Gasteiger charge is -2.17. The van der Waals surface area contributed by atoms with Gasteiger partial charge in [-0.05, 0) is 114 Å². The Hall–Kier alpha value is -5.25. The SMILES string of the molecule is Cc1cc(C)c(-c2ccn(OB(On3ccc(-c4c(C)cc(C)cc4C)n3)On3nccc3-c3c(C)cc(C)cc3C)n2)c(C)c1. The highest BCUT2D eigenvalue weighted by Crippen LogP contribution is 2.29. The minimum atomic E-state index is -1.31. The maximum Gasteiger partial charge on any atom is 0.929 e. The van der Waals surface area contributed by atoms with Crippen molar-refractivity contribution in [3.8, 4) is 33.8 Å². The summed E-state index contributed by atoms with van der Waals surface area (Å²) in [4.78, 5) is 4.12. The van der Waals surface area contributed by atoms with Crippen molar-refractivity contribution in [3.63, 3.8) is 0 Å². The molecule has 3 aromatic heterocycles. The average molecular weight is 615 g/mol. The van der Waals surface area contributed by atoms with Crippen molar-refractivity contribution < 1.29 is 14.3 Å². The summed E-state index contributed by atoms with van der Waals surface area (Å²) in [6, 6.07) is 18.6. The van der Waals surface area contributed by atoms with Crippen molar-refractivity contribution >= 4 is 7.32 Å². The Morgan fingerprint density at radius 2 is 0.891 bits per heavy atom. The lowest BCUT2D eigenvalue weighted by Crippen LogP contribution is -2.49. The van der Waals surface area contributed by atoms with Crippen molar-refractivity contribution in [2.75, 3.05) is 0 Å². The fraction of sp³-hybridized carbons (Fsp3) is 0.250. The highest BCUT2D eigenvalue weighted by Gasteiger charge is 2.36. The summed E-state index contributed by atoms with van der Waals surface area (Å²) >= 11 is 0. The molecule has 0 amide bonds. The molecule has 0 aliphatic carbocycles. The second-order valence-corrected chi connectivity index (χ2v) is 12.2. The van der Waals surface area contributed by atoms with E-state index >= 15 is 0 Å². The highest BCUT2D eigenvalue weighted by molar-refractivity contribution is 6.37. The van der Waals surface area contributed by atoms with Gasteiger partial charge < -0.3 is 14.3 Å². The van der Waals surface area contributed by atoms with Crippen molar-refractivity contribution in [1.82, 2.24) is 29.8 Å². The molecule has 3 aromatic carbocycles. The molecule has 0 unspecified atom stereocenters. The molecular weight excluding hydrogens is 575 g/mol. The third-order valence-electron chi connectivity index (χ3n) is 8.12. The van der Waals surface area contributed by atoms with Crippen LogP contribution in [0.4, 0.5) is 0 Å². The fourth-order valence-corrected chi connectivity index (χ4v) is 6.62. The molecule has 0 radical (unpaired) electrons. The van der Waals surface area contributed by atoms with Crippen LogP contribution in [0.5, 0.6) is 0 Å². The van der Waals surface area contributed by atoms with Gasteiger partial charge in [0.15, 0.2) is 0 Å². The van der Waals surface area contributed by atoms with E-state index in [0.717, 1.165) is 67.2 Å². The Labute approximate surface area is 270 Å². The zero-order valence-electron chi connectivity index (χ0n) is 27.9. The van der Waals surface area contributed by atoms with Gasteiger partial charge in [0.25, 0.3) is 0 Å². The third-order valence-corrected chi connectivity index (χ3v) is 8.12. The predicted molar refractivity (Wildman–Crippen MR) is 181 cm³/mol. The van der Waals surface area contributed by atoms with Gasteiger partial charge in [-0.15, -0.1) is 29.8 Å². The molecule has 0 fully saturated rings. The van der Waals surface area contributed by atoms with E-state index in [-0.39, 0.29) is 0 Å². The van der Waals surface area contributed by atoms with Crippen LogP contribution in [0.2, 0.25) is 0 Å². The van der Waals surface area contributed by atoms with Gasteiger partial charge in [-0.25, -0.2) is 0 Å². The minimum Gasteiger partial charge on any atom is -0.380 e. The number of nitrogens with zero attached hydrogens (tertiary/aromatic N) is 6. The number of aromatic nitrogens is 6. The van der Waals surface area contributed by atoms with Gasteiger partial charge in [0.2, 0.25) is 0 Å². The molecule has 10 heteroatoms. The van der Waals surface area contributed by atoms with E-state index in [0.29, 0.717) is 0 Å². The molecule has 0 atom stereocenters. The van der Waals surface area contributed by atoms with Gasteiger partial charge >= 0.3 is 7.32 Å². The summed E-state index contributed by atoms with van der Waals surface area (Å²) in [5.74, 6) is 0. The molecule has 0 spiro atoms. The molecule has 234 valence electrons. The van der Waals surface area contributed by atoms with Gasteiger partial charge in [0.05, 0.1) is 30.0 Å². The quantitative estimate of drug-likeness (QED) is 0.168. The van der Waals surface area contributed by atoms with Crippen LogP contribution in [-0.2, 0) is 0 Å². The molecule has 0 bridgehead atoms. The summed E-state index contributed by atoms with van der Waals surface area (Å²) in [5.41, 5.74) is 15.9. The molecule has 46 heavy (non-hydrogen) atoms. The topological polar surface area (TPSA) is 81.1 Å². The van der Waals surface area contributed by atoms with Crippen LogP contribution >= 0.6 is 0 Å². The first-order valence-electron chi connectivity index (χ1n) is 15.4. The first kappa shape index (κ1) is 30.8. The Morgan fingerprint density at radius 1 is 0.500 bits per heavy atom. The molecule has 0 saturated carbocycles. The summed E-state index contributed by atoms with van der Waals surface area (Å²) in [5, 5.41) is 13.9. The van der Waals surface area contributed by atoms with E-state index in [1.165, 1.54) is 31.2 Å². The molecule has 0 N–H and O–H groups in total. The van der Waals surface area contributed by atoms with Crippen molar-refractivity contribution in [2.24, 2.45) is 0 Å². The Balaban J connectivity index is 1.34. The van der Waals surface area contributed by atoms with Crippen molar-refractivity contribution in [1.29, 1.82) is 0 Å². The average Bonchev–Trinajstić information content (AvgIpc) is 3.70. The van der Waals surface area contributed by atoms with Crippen LogP contribution in [0.3, 0.4) is 0 Å². The van der Waals surface area contributed by atoms with Crippen LogP contribution in [0, 0.1) is 62.3 Å². The summed E-state index contributed by atoms with van der Waals surface area (Å²) in [6.45, 7) is 18.8. The number of rotatable bonds is 9. The van der Waals surface area contributed by atoms with E-state index in [1.807, 2.05) is 18.2 Å². The van der Waals surface area contributed by atoms with E-state index in [4.69, 9.17) is 24.5 Å². The van der Waals surface area contributed by atoms with Crippen molar-refractivity contribution in [3.05, 3.63) is 123 Å². The van der Waals surface area contributed by atoms with Gasteiger partial charge in [-0.1, -0.05) is 53.1 Å². The van der Waals surface area contributed by atoms with E-state index < -0.39 is 7.32 Å². The summed E-state index contributed by atoms with van der Waals surface area (Å²) in [6.07, 6.45) is 5.16. The molecule has 0 aliphatic rings. The number of benzene rings is 3. The zero-order chi connectivity index (χ0) is 32.7. The van der Waals surface area contributed by atoms with Gasteiger partial charge in [0, 0.05) is 16.7 Å². The lowest BCUT2D eigenvalue weighted by molar-refractivity contribution is 0.0417. The standard InChI is InChI=1S/C36H39BN6O3/c1-22-16-25(4)34(26(5)17-22)31-11-14-41(39-31)44-37(45-42-15-12-32(40-42)35-27(6)18-23(2)19-28(35)7)46-43-33(10-13-38-43)36-29(8)20-24(3)21-30(36)9/h10-21H,1-9H3. The summed E-state index contributed by atoms with van der Waals surface area (Å²) in [7, 11) is -1.31. The molecule has 3 heterocycles. The smallest absolute Gasteiger partial charge is 0.380 e. The Bertz CT molecular complexity index is 1890. The molecule has 6 aromatic rings. The normalized spacial score (nSPS) is 11.2. The van der Waals surface area contributed by atoms with E-state index in [9.17, 15) is 0 Å². The number of hydrogen-bond donors (Lipinski definition) is 0. The van der Waals surface area contributed by atoms with Gasteiger partial charge in [-0.2, -0.15) is 0 Å². The lowest BCUT2D eigenvalue weighted by atomic mass is 9.97. The largest absolute Gasteiger partial charge is 0.929 e. The van der Waals surface area contributed by atoms with Gasteiger partial charge in [0.1, 0.15) is 5.69 Å². The predicted octanol–water partition coefficient (Wildman–Crippen LogP) is 6.72. The number of aryl methyl sites for hydroxylation is 9.